The fraction of sp³-hybridized carbons (Fsp3) is 0.375. The average molecular weight is 440 g/mol. The molecule has 1 aromatic heterocycles. The van der Waals surface area contributed by atoms with Crippen LogP contribution < -0.4 is 16.0 Å². The maximum absolute atomic E-state index is 12.1. The van der Waals surface area contributed by atoms with Gasteiger partial charge in [0.15, 0.2) is 0 Å². The summed E-state index contributed by atoms with van der Waals surface area (Å²) in [5, 5.41) is 4.38. The van der Waals surface area contributed by atoms with Gasteiger partial charge in [-0.1, -0.05) is 19.1 Å². The topological polar surface area (TPSA) is 77.4 Å². The molecule has 0 atom stereocenters. The minimum absolute atomic E-state index is 0. The minimum Gasteiger partial charge on any atom is -0.369 e. The summed E-state index contributed by atoms with van der Waals surface area (Å²) in [6, 6.07) is 13.2. The number of aromatic amines is 1. The monoisotopic (exact) mass is 439 g/mol. The van der Waals surface area contributed by atoms with Crippen molar-refractivity contribution in [1.82, 2.24) is 15.2 Å². The number of H-pyrrole nitrogens is 1. The number of rotatable bonds is 5. The van der Waals surface area contributed by atoms with Crippen LogP contribution in [0.3, 0.4) is 0 Å². The lowest BCUT2D eigenvalue weighted by Crippen LogP contribution is -2.56. The van der Waals surface area contributed by atoms with E-state index in [9.17, 15) is 4.79 Å². The quantitative estimate of drug-likeness (QED) is 0.570. The van der Waals surface area contributed by atoms with Crippen LogP contribution in [-0.4, -0.2) is 55.1 Å². The Labute approximate surface area is 189 Å². The molecule has 0 aliphatic carbocycles. The van der Waals surface area contributed by atoms with Crippen LogP contribution in [0, 0.1) is 0 Å². The largest absolute Gasteiger partial charge is 0.369 e. The predicted octanol–water partition coefficient (Wildman–Crippen LogP) is 3.14. The first kappa shape index (κ1) is 21.7. The lowest BCUT2D eigenvalue weighted by atomic mass is 9.96. The predicted molar refractivity (Wildman–Crippen MR) is 129 cm³/mol. The third kappa shape index (κ3) is 3.80. The molecule has 0 spiro atoms. The van der Waals surface area contributed by atoms with E-state index in [0.717, 1.165) is 67.0 Å². The number of nitrogens with one attached hydrogen (secondary N) is 2. The van der Waals surface area contributed by atoms with Gasteiger partial charge >= 0.3 is 0 Å². The van der Waals surface area contributed by atoms with Gasteiger partial charge in [-0.15, -0.1) is 12.4 Å². The number of carbonyl (C=O) groups is 1. The Balaban J connectivity index is 0.00000231. The minimum atomic E-state index is -0.405. The molecule has 7 heteroatoms. The number of amides is 1. The number of benzene rings is 2. The van der Waals surface area contributed by atoms with Crippen LogP contribution in [0.2, 0.25) is 0 Å². The molecule has 0 unspecified atom stereocenters. The maximum atomic E-state index is 12.1. The summed E-state index contributed by atoms with van der Waals surface area (Å²) >= 11 is 0. The standard InChI is InChI=1S/C24H29N5O.ClH/c1-3-29-9-8-15-10-16(4-5-17(15)14-29)21-11-20-22(28(2)18-12-26-13-18)7-6-19(24(25)30)23(20)27-21;/h4-7,10-11,18,26-27H,3,8-9,12-14H2,1-2H3,(H2,25,30);1H. The zero-order valence-corrected chi connectivity index (χ0v) is 18.9. The summed E-state index contributed by atoms with van der Waals surface area (Å²) in [5.41, 5.74) is 13.2. The van der Waals surface area contributed by atoms with E-state index in [1.165, 1.54) is 11.1 Å². The number of primary amides is 1. The summed E-state index contributed by atoms with van der Waals surface area (Å²) in [6.07, 6.45) is 1.08. The molecule has 4 N–H and O–H groups in total. The number of hydrogen-bond donors (Lipinski definition) is 3. The van der Waals surface area contributed by atoms with E-state index in [-0.39, 0.29) is 12.4 Å². The van der Waals surface area contributed by atoms with Crippen LogP contribution in [0.5, 0.6) is 0 Å². The van der Waals surface area contributed by atoms with E-state index < -0.39 is 5.91 Å². The van der Waals surface area contributed by atoms with Gasteiger partial charge in [0, 0.05) is 50.0 Å². The molecule has 2 aliphatic heterocycles. The van der Waals surface area contributed by atoms with Crippen molar-refractivity contribution in [2.24, 2.45) is 5.73 Å². The van der Waals surface area contributed by atoms with Gasteiger partial charge in [0.05, 0.1) is 17.1 Å². The Morgan fingerprint density at radius 1 is 1.19 bits per heavy atom. The second kappa shape index (κ2) is 8.54. The van der Waals surface area contributed by atoms with Crippen molar-refractivity contribution in [3.63, 3.8) is 0 Å². The van der Waals surface area contributed by atoms with Crippen LogP contribution in [0.4, 0.5) is 5.69 Å². The molecule has 3 heterocycles. The Hall–Kier alpha value is -2.54. The van der Waals surface area contributed by atoms with Crippen LogP contribution in [0.25, 0.3) is 22.2 Å². The van der Waals surface area contributed by atoms with Crippen molar-refractivity contribution in [1.29, 1.82) is 0 Å². The lowest BCUT2D eigenvalue weighted by molar-refractivity contribution is 0.100. The average Bonchev–Trinajstić information content (AvgIpc) is 3.16. The molecule has 31 heavy (non-hydrogen) atoms. The van der Waals surface area contributed by atoms with Crippen molar-refractivity contribution < 1.29 is 4.79 Å². The van der Waals surface area contributed by atoms with Gasteiger partial charge in [0.2, 0.25) is 0 Å². The number of halogens is 1. The fourth-order valence-corrected chi connectivity index (χ4v) is 4.67. The fourth-order valence-electron chi connectivity index (χ4n) is 4.67. The summed E-state index contributed by atoms with van der Waals surface area (Å²) in [4.78, 5) is 20.3. The molecule has 5 rings (SSSR count). The van der Waals surface area contributed by atoms with Gasteiger partial charge in [-0.25, -0.2) is 0 Å². The van der Waals surface area contributed by atoms with E-state index in [0.29, 0.717) is 11.6 Å². The summed E-state index contributed by atoms with van der Waals surface area (Å²) < 4.78 is 0. The van der Waals surface area contributed by atoms with Crippen molar-refractivity contribution in [2.45, 2.75) is 25.9 Å². The maximum Gasteiger partial charge on any atom is 0.250 e. The van der Waals surface area contributed by atoms with Crippen LogP contribution >= 0.6 is 12.4 Å². The molecule has 6 nitrogen and oxygen atoms in total. The van der Waals surface area contributed by atoms with Crippen molar-refractivity contribution >= 4 is 34.9 Å². The number of likely N-dealkylation sites (N-methyl/N-ethyl adjacent to an activating group) is 2. The normalized spacial score (nSPS) is 16.5. The molecule has 1 fully saturated rings. The highest BCUT2D eigenvalue weighted by Crippen LogP contribution is 2.35. The number of nitrogens with zero attached hydrogens (tertiary/aromatic N) is 2. The Kier molecular flexibility index (Phi) is 5.97. The molecular weight excluding hydrogens is 410 g/mol. The third-order valence-corrected chi connectivity index (χ3v) is 6.78. The molecule has 0 radical (unpaired) electrons. The highest BCUT2D eigenvalue weighted by atomic mass is 35.5. The van der Waals surface area contributed by atoms with Gasteiger partial charge in [0.1, 0.15) is 0 Å². The highest BCUT2D eigenvalue weighted by molar-refractivity contribution is 6.10. The summed E-state index contributed by atoms with van der Waals surface area (Å²) in [6.45, 7) is 7.39. The summed E-state index contributed by atoms with van der Waals surface area (Å²) in [5.74, 6) is -0.405. The van der Waals surface area contributed by atoms with Gasteiger partial charge < -0.3 is 20.9 Å². The highest BCUT2D eigenvalue weighted by Gasteiger charge is 2.25. The molecule has 2 aliphatic rings. The SMILES string of the molecule is CCN1CCc2cc(-c3cc4c(N(C)C5CNC5)ccc(C(N)=O)c4[nH]3)ccc2C1.Cl. The lowest BCUT2D eigenvalue weighted by Gasteiger charge is -2.37. The van der Waals surface area contributed by atoms with Gasteiger partial charge in [-0.05, 0) is 53.9 Å². The van der Waals surface area contributed by atoms with Crippen molar-refractivity contribution in [2.75, 3.05) is 38.1 Å². The number of anilines is 1. The Morgan fingerprint density at radius 2 is 2.00 bits per heavy atom. The zero-order valence-electron chi connectivity index (χ0n) is 18.1. The summed E-state index contributed by atoms with van der Waals surface area (Å²) in [7, 11) is 2.12. The van der Waals surface area contributed by atoms with E-state index in [1.54, 1.807) is 0 Å². The molecule has 2 aromatic carbocycles. The molecule has 3 aromatic rings. The number of aromatic nitrogens is 1. The van der Waals surface area contributed by atoms with Gasteiger partial charge in [0.25, 0.3) is 5.91 Å². The van der Waals surface area contributed by atoms with Crippen molar-refractivity contribution in [3.05, 3.63) is 53.1 Å². The van der Waals surface area contributed by atoms with Crippen LogP contribution in [-0.2, 0) is 13.0 Å². The molecule has 0 saturated carbocycles. The van der Waals surface area contributed by atoms with Gasteiger partial charge in [-0.3, -0.25) is 9.69 Å². The van der Waals surface area contributed by atoms with E-state index in [4.69, 9.17) is 5.73 Å². The van der Waals surface area contributed by atoms with E-state index in [2.05, 4.69) is 58.3 Å². The molecular formula is C24H30ClN5O. The first-order valence-electron chi connectivity index (χ1n) is 10.8. The zero-order chi connectivity index (χ0) is 20.8. The van der Waals surface area contributed by atoms with E-state index >= 15 is 0 Å². The third-order valence-electron chi connectivity index (χ3n) is 6.78. The van der Waals surface area contributed by atoms with Crippen molar-refractivity contribution in [3.8, 4) is 11.3 Å². The Morgan fingerprint density at radius 3 is 2.68 bits per heavy atom. The molecule has 0 bridgehead atoms. The van der Waals surface area contributed by atoms with E-state index in [1.807, 2.05) is 12.1 Å². The number of carbonyl (C=O) groups excluding carboxylic acids is 1. The Bertz CT molecular complexity index is 1120. The number of fused-ring (bicyclic) bond motifs is 2. The molecule has 164 valence electrons. The number of nitrogens with two attached hydrogens (primary N) is 1. The molecule has 1 amide bonds. The second-order valence-corrected chi connectivity index (χ2v) is 8.49. The smallest absolute Gasteiger partial charge is 0.250 e. The second-order valence-electron chi connectivity index (χ2n) is 8.49. The van der Waals surface area contributed by atoms with Crippen LogP contribution in [0.1, 0.15) is 28.4 Å². The van der Waals surface area contributed by atoms with Gasteiger partial charge in [-0.2, -0.15) is 0 Å². The first-order chi connectivity index (χ1) is 14.5. The molecule has 1 saturated heterocycles. The first-order valence-corrected chi connectivity index (χ1v) is 10.8. The number of hydrogen-bond acceptors (Lipinski definition) is 4. The van der Waals surface area contributed by atoms with Crippen LogP contribution in [0.15, 0.2) is 36.4 Å².